The molecule has 0 radical (unpaired) electrons. The average Bonchev–Trinajstić information content (AvgIpc) is 2.73. The maximum Gasteiger partial charge on any atom is 0.262 e. The zero-order valence-electron chi connectivity index (χ0n) is 16.5. The number of rotatable bonds is 5. The molecule has 0 aliphatic heterocycles. The van der Waals surface area contributed by atoms with E-state index in [2.05, 4.69) is 9.97 Å². The van der Waals surface area contributed by atoms with Crippen molar-refractivity contribution in [3.05, 3.63) is 75.1 Å². The number of aromatic amines is 1. The van der Waals surface area contributed by atoms with E-state index in [-0.39, 0.29) is 22.4 Å². The molecule has 1 N–H and O–H groups in total. The van der Waals surface area contributed by atoms with E-state index < -0.39 is 0 Å². The third-order valence-corrected chi connectivity index (χ3v) is 6.18. The second-order valence-electron chi connectivity index (χ2n) is 7.07. The second-order valence-corrected chi connectivity index (χ2v) is 8.38. The third-order valence-electron chi connectivity index (χ3n) is 5.11. The highest BCUT2D eigenvalue weighted by Gasteiger charge is 2.20. The van der Waals surface area contributed by atoms with Gasteiger partial charge in [-0.3, -0.25) is 14.2 Å². The monoisotopic (exact) mass is 406 g/mol. The van der Waals surface area contributed by atoms with E-state index in [1.165, 1.54) is 11.8 Å². The SMILES string of the molecule is CC[C@@H](C)n1c(S[C@@H](C)c2nc3ccccc3c(=O)[nH]2)nc2ccccc2c1=O. The highest BCUT2D eigenvalue weighted by Crippen LogP contribution is 2.33. The van der Waals surface area contributed by atoms with Crippen molar-refractivity contribution in [1.82, 2.24) is 19.5 Å². The van der Waals surface area contributed by atoms with Crippen molar-refractivity contribution in [1.29, 1.82) is 0 Å². The lowest BCUT2D eigenvalue weighted by Crippen LogP contribution is -2.26. The maximum atomic E-state index is 13.1. The Morgan fingerprint density at radius 1 is 0.966 bits per heavy atom. The van der Waals surface area contributed by atoms with Crippen LogP contribution in [0.25, 0.3) is 21.8 Å². The highest BCUT2D eigenvalue weighted by molar-refractivity contribution is 7.99. The van der Waals surface area contributed by atoms with E-state index >= 15 is 0 Å². The molecule has 4 aromatic rings. The lowest BCUT2D eigenvalue weighted by Gasteiger charge is -2.20. The normalized spacial score (nSPS) is 13.6. The van der Waals surface area contributed by atoms with Gasteiger partial charge in [0.2, 0.25) is 0 Å². The van der Waals surface area contributed by atoms with Crippen LogP contribution >= 0.6 is 11.8 Å². The van der Waals surface area contributed by atoms with Gasteiger partial charge in [-0.25, -0.2) is 9.97 Å². The lowest BCUT2D eigenvalue weighted by molar-refractivity contribution is 0.467. The van der Waals surface area contributed by atoms with Crippen molar-refractivity contribution in [2.75, 3.05) is 0 Å². The van der Waals surface area contributed by atoms with E-state index in [0.29, 0.717) is 32.8 Å². The van der Waals surface area contributed by atoms with E-state index in [1.807, 2.05) is 63.2 Å². The lowest BCUT2D eigenvalue weighted by atomic mass is 10.2. The van der Waals surface area contributed by atoms with Gasteiger partial charge in [-0.1, -0.05) is 43.0 Å². The molecule has 0 saturated heterocycles. The quantitative estimate of drug-likeness (QED) is 0.391. The molecule has 2 aromatic carbocycles. The van der Waals surface area contributed by atoms with Crippen LogP contribution in [0.15, 0.2) is 63.3 Å². The standard InChI is InChI=1S/C22H22N4O2S/c1-4-13(2)26-21(28)16-10-6-8-12-18(16)24-22(26)29-14(3)19-23-17-11-7-5-9-15(17)20(27)25-19/h5-14H,4H2,1-3H3,(H,23,25,27)/t13-,14+/m1/s1. The van der Waals surface area contributed by atoms with Crippen LogP contribution in [-0.2, 0) is 0 Å². The summed E-state index contributed by atoms with van der Waals surface area (Å²) in [5.41, 5.74) is 1.12. The minimum atomic E-state index is -0.185. The van der Waals surface area contributed by atoms with Gasteiger partial charge in [-0.15, -0.1) is 0 Å². The van der Waals surface area contributed by atoms with Gasteiger partial charge >= 0.3 is 0 Å². The Kier molecular flexibility index (Phi) is 5.24. The van der Waals surface area contributed by atoms with E-state index in [9.17, 15) is 9.59 Å². The minimum absolute atomic E-state index is 0.0120. The zero-order valence-corrected chi connectivity index (χ0v) is 17.4. The van der Waals surface area contributed by atoms with Gasteiger partial charge in [0.25, 0.3) is 11.1 Å². The maximum absolute atomic E-state index is 13.1. The molecule has 4 rings (SSSR count). The predicted octanol–water partition coefficient (Wildman–Crippen LogP) is 4.46. The predicted molar refractivity (Wildman–Crippen MR) is 118 cm³/mol. The Balaban J connectivity index is 1.81. The molecule has 0 spiro atoms. The number of nitrogens with one attached hydrogen (secondary N) is 1. The third kappa shape index (κ3) is 3.58. The number of fused-ring (bicyclic) bond motifs is 2. The van der Waals surface area contributed by atoms with Gasteiger partial charge in [0.1, 0.15) is 5.82 Å². The molecule has 0 aliphatic rings. The summed E-state index contributed by atoms with van der Waals surface area (Å²) >= 11 is 1.43. The Bertz CT molecular complexity index is 1310. The van der Waals surface area contributed by atoms with Crippen LogP contribution in [-0.4, -0.2) is 19.5 Å². The first-order valence-electron chi connectivity index (χ1n) is 9.66. The zero-order chi connectivity index (χ0) is 20.5. The summed E-state index contributed by atoms with van der Waals surface area (Å²) in [5.74, 6) is 0.566. The molecule has 29 heavy (non-hydrogen) atoms. The number of para-hydroxylation sites is 2. The van der Waals surface area contributed by atoms with E-state index in [1.54, 1.807) is 10.6 Å². The molecule has 0 fully saturated rings. The van der Waals surface area contributed by atoms with Crippen LogP contribution in [0.3, 0.4) is 0 Å². The van der Waals surface area contributed by atoms with Gasteiger partial charge in [0, 0.05) is 6.04 Å². The Labute approximate surface area is 172 Å². The van der Waals surface area contributed by atoms with Gasteiger partial charge < -0.3 is 4.98 Å². The van der Waals surface area contributed by atoms with Crippen LogP contribution in [0.2, 0.25) is 0 Å². The summed E-state index contributed by atoms with van der Waals surface area (Å²) in [7, 11) is 0. The fourth-order valence-electron chi connectivity index (χ4n) is 3.29. The molecule has 0 amide bonds. The van der Waals surface area contributed by atoms with Crippen LogP contribution < -0.4 is 11.1 Å². The molecular formula is C22H22N4O2S. The summed E-state index contributed by atoms with van der Waals surface area (Å²) in [6, 6.07) is 14.7. The molecule has 2 heterocycles. The summed E-state index contributed by atoms with van der Waals surface area (Å²) in [4.78, 5) is 37.8. The van der Waals surface area contributed by atoms with Gasteiger partial charge in [-0.05, 0) is 44.5 Å². The Morgan fingerprint density at radius 2 is 1.59 bits per heavy atom. The van der Waals surface area contributed by atoms with Crippen LogP contribution in [0.4, 0.5) is 0 Å². The molecule has 2 aromatic heterocycles. The highest BCUT2D eigenvalue weighted by atomic mass is 32.2. The van der Waals surface area contributed by atoms with E-state index in [4.69, 9.17) is 4.98 Å². The number of hydrogen-bond donors (Lipinski definition) is 1. The fraction of sp³-hybridized carbons (Fsp3) is 0.273. The molecule has 0 aliphatic carbocycles. The summed E-state index contributed by atoms with van der Waals surface area (Å²) in [6.45, 7) is 6.02. The largest absolute Gasteiger partial charge is 0.309 e. The summed E-state index contributed by atoms with van der Waals surface area (Å²) < 4.78 is 1.75. The second kappa shape index (κ2) is 7.83. The van der Waals surface area contributed by atoms with Crippen molar-refractivity contribution < 1.29 is 0 Å². The molecule has 6 nitrogen and oxygen atoms in total. The average molecular weight is 407 g/mol. The molecule has 2 atom stereocenters. The molecular weight excluding hydrogens is 384 g/mol. The van der Waals surface area contributed by atoms with Crippen molar-refractivity contribution in [3.63, 3.8) is 0 Å². The van der Waals surface area contributed by atoms with Crippen LogP contribution in [0.5, 0.6) is 0 Å². The number of aromatic nitrogens is 4. The fourth-order valence-corrected chi connectivity index (χ4v) is 4.36. The summed E-state index contributed by atoms with van der Waals surface area (Å²) in [6.07, 6.45) is 0.812. The number of H-pyrrole nitrogens is 1. The Hall–Kier alpha value is -2.93. The van der Waals surface area contributed by atoms with Crippen molar-refractivity contribution in [3.8, 4) is 0 Å². The number of benzene rings is 2. The first kappa shape index (κ1) is 19.4. The van der Waals surface area contributed by atoms with Gasteiger partial charge in [0.05, 0.1) is 27.1 Å². The number of nitrogens with zero attached hydrogens (tertiary/aromatic N) is 3. The van der Waals surface area contributed by atoms with Crippen LogP contribution in [0.1, 0.15) is 44.3 Å². The number of thioether (sulfide) groups is 1. The molecule has 0 unspecified atom stereocenters. The first-order chi connectivity index (χ1) is 14.0. The Morgan fingerprint density at radius 3 is 2.28 bits per heavy atom. The van der Waals surface area contributed by atoms with Crippen LogP contribution in [0, 0.1) is 0 Å². The van der Waals surface area contributed by atoms with Crippen molar-refractivity contribution >= 4 is 33.6 Å². The molecule has 0 saturated carbocycles. The smallest absolute Gasteiger partial charge is 0.262 e. The first-order valence-corrected chi connectivity index (χ1v) is 10.5. The van der Waals surface area contributed by atoms with Crippen molar-refractivity contribution in [2.45, 2.75) is 43.6 Å². The molecule has 148 valence electrons. The topological polar surface area (TPSA) is 80.6 Å². The van der Waals surface area contributed by atoms with E-state index in [0.717, 1.165) is 6.42 Å². The number of hydrogen-bond acceptors (Lipinski definition) is 5. The minimum Gasteiger partial charge on any atom is -0.309 e. The van der Waals surface area contributed by atoms with Gasteiger partial charge in [-0.2, -0.15) is 0 Å². The molecule has 7 heteroatoms. The molecule has 0 bridgehead atoms. The summed E-state index contributed by atoms with van der Waals surface area (Å²) in [5, 5.41) is 1.62. The van der Waals surface area contributed by atoms with Gasteiger partial charge in [0.15, 0.2) is 5.16 Å². The van der Waals surface area contributed by atoms with Crippen molar-refractivity contribution in [2.24, 2.45) is 0 Å².